The summed E-state index contributed by atoms with van der Waals surface area (Å²) in [6.07, 6.45) is 0.845. The summed E-state index contributed by atoms with van der Waals surface area (Å²) in [4.78, 5) is 0. The van der Waals surface area contributed by atoms with Crippen LogP contribution in [0.4, 0.5) is 0 Å². The van der Waals surface area contributed by atoms with Crippen molar-refractivity contribution in [3.05, 3.63) is 0 Å². The summed E-state index contributed by atoms with van der Waals surface area (Å²) in [5, 5.41) is 0. The number of rotatable bonds is 9. The number of ether oxygens (including phenoxy) is 2. The molecule has 0 radical (unpaired) electrons. The lowest BCUT2D eigenvalue weighted by atomic mass is 10.1. The molecule has 0 rings (SSSR count). The van der Waals surface area contributed by atoms with Crippen molar-refractivity contribution in [2.75, 3.05) is 26.4 Å². The van der Waals surface area contributed by atoms with Crippen molar-refractivity contribution in [1.82, 2.24) is 0 Å². The second-order valence-electron chi connectivity index (χ2n) is 5.01. The predicted octanol–water partition coefficient (Wildman–Crippen LogP) is 2.29. The van der Waals surface area contributed by atoms with Crippen LogP contribution in [-0.2, 0) is 12.5 Å². The van der Waals surface area contributed by atoms with Gasteiger partial charge in [-0.25, -0.2) is 0 Å². The molecular formula is C11H24INO3. The van der Waals surface area contributed by atoms with E-state index >= 15 is 0 Å². The topological polar surface area (TPSA) is 53.7 Å². The van der Waals surface area contributed by atoms with E-state index in [1.165, 1.54) is 0 Å². The maximum absolute atomic E-state index is 5.74. The third-order valence-corrected chi connectivity index (χ3v) is 2.52. The Morgan fingerprint density at radius 1 is 1.00 bits per heavy atom. The van der Waals surface area contributed by atoms with Gasteiger partial charge in [-0.1, -0.05) is 0 Å². The summed E-state index contributed by atoms with van der Waals surface area (Å²) in [7, 11) is 0. The van der Waals surface area contributed by atoms with Crippen molar-refractivity contribution < 1.29 is 12.5 Å². The highest BCUT2D eigenvalue weighted by Gasteiger charge is 2.22. The summed E-state index contributed by atoms with van der Waals surface area (Å²) >= 11 is 1.88. The average Bonchev–Trinajstić information content (AvgIpc) is 2.14. The average molecular weight is 345 g/mol. The summed E-state index contributed by atoms with van der Waals surface area (Å²) in [5.41, 5.74) is 4.97. The van der Waals surface area contributed by atoms with Crippen molar-refractivity contribution in [1.29, 1.82) is 0 Å². The Morgan fingerprint density at radius 3 is 2.06 bits per heavy atom. The Hall–Kier alpha value is 0.570. The van der Waals surface area contributed by atoms with Gasteiger partial charge in [-0.05, 0) is 34.1 Å². The van der Waals surface area contributed by atoms with E-state index < -0.39 is 0 Å². The highest BCUT2D eigenvalue weighted by Crippen LogP contribution is 2.17. The molecule has 16 heavy (non-hydrogen) atoms. The fourth-order valence-corrected chi connectivity index (χ4v) is 1.90. The molecule has 0 atom stereocenters. The zero-order valence-electron chi connectivity index (χ0n) is 10.7. The molecule has 4 nitrogen and oxygen atoms in total. The minimum absolute atomic E-state index is 0.180. The van der Waals surface area contributed by atoms with Crippen molar-refractivity contribution in [2.45, 2.75) is 45.3 Å². The van der Waals surface area contributed by atoms with E-state index in [4.69, 9.17) is 18.3 Å². The van der Waals surface area contributed by atoms with Gasteiger partial charge in [-0.2, -0.15) is 0 Å². The molecule has 0 aliphatic rings. The van der Waals surface area contributed by atoms with E-state index in [1.807, 2.05) is 50.7 Å². The first-order valence-corrected chi connectivity index (χ1v) is 6.42. The van der Waals surface area contributed by atoms with Crippen LogP contribution in [0, 0.1) is 0 Å². The second-order valence-corrected chi connectivity index (χ2v) is 5.63. The predicted molar refractivity (Wildman–Crippen MR) is 73.7 cm³/mol. The Morgan fingerprint density at radius 2 is 1.56 bits per heavy atom. The van der Waals surface area contributed by atoms with Crippen LogP contribution < -0.4 is 5.73 Å². The standard InChI is InChI=1S/C11H24INO3/c1-10(2,15-8-6-13)5-7-14-11(3,4)9-16-12/h5-9,13H2,1-4H3. The lowest BCUT2D eigenvalue weighted by molar-refractivity contribution is -0.0789. The molecule has 0 aliphatic carbocycles. The van der Waals surface area contributed by atoms with E-state index in [1.54, 1.807) is 0 Å². The Balaban J connectivity index is 3.78. The number of hydrogen-bond acceptors (Lipinski definition) is 4. The molecule has 0 unspecified atom stereocenters. The molecule has 0 aromatic rings. The lowest BCUT2D eigenvalue weighted by Gasteiger charge is -2.28. The zero-order chi connectivity index (χ0) is 12.7. The van der Waals surface area contributed by atoms with Crippen LogP contribution in [0.3, 0.4) is 0 Å². The molecule has 98 valence electrons. The van der Waals surface area contributed by atoms with Gasteiger partial charge in [0.05, 0.1) is 31.0 Å². The summed E-state index contributed by atoms with van der Waals surface area (Å²) in [6.45, 7) is 10.5. The Bertz CT molecular complexity index is 186. The SMILES string of the molecule is CC(C)(CCOC(C)(C)COI)OCCN. The first-order chi connectivity index (χ1) is 7.33. The maximum atomic E-state index is 5.74. The van der Waals surface area contributed by atoms with Gasteiger partial charge in [0.2, 0.25) is 0 Å². The summed E-state index contributed by atoms with van der Waals surface area (Å²) in [6, 6.07) is 0. The molecule has 2 N–H and O–H groups in total. The lowest BCUT2D eigenvalue weighted by Crippen LogP contribution is -2.34. The van der Waals surface area contributed by atoms with Crippen LogP contribution in [0.2, 0.25) is 0 Å². The van der Waals surface area contributed by atoms with Crippen LogP contribution >= 0.6 is 23.0 Å². The minimum Gasteiger partial charge on any atom is -0.374 e. The molecule has 0 amide bonds. The Kier molecular flexibility index (Phi) is 8.09. The normalized spacial score (nSPS) is 13.1. The summed E-state index contributed by atoms with van der Waals surface area (Å²) < 4.78 is 16.4. The minimum atomic E-state index is -0.245. The molecule has 0 saturated heterocycles. The van der Waals surface area contributed by atoms with Gasteiger partial charge in [0, 0.05) is 6.54 Å². The molecule has 0 aliphatic heterocycles. The molecule has 0 aromatic carbocycles. The quantitative estimate of drug-likeness (QED) is 0.652. The zero-order valence-corrected chi connectivity index (χ0v) is 12.9. The molecular weight excluding hydrogens is 321 g/mol. The largest absolute Gasteiger partial charge is 0.374 e. The van der Waals surface area contributed by atoms with Crippen LogP contribution in [0.25, 0.3) is 0 Å². The van der Waals surface area contributed by atoms with E-state index in [0.717, 1.165) is 6.42 Å². The third kappa shape index (κ3) is 8.69. The highest BCUT2D eigenvalue weighted by molar-refractivity contribution is 14.1. The number of nitrogens with two attached hydrogens (primary N) is 1. The molecule has 0 bridgehead atoms. The van der Waals surface area contributed by atoms with Crippen LogP contribution in [0.15, 0.2) is 0 Å². The van der Waals surface area contributed by atoms with Gasteiger partial charge in [0.1, 0.15) is 23.0 Å². The van der Waals surface area contributed by atoms with Crippen molar-refractivity contribution in [3.8, 4) is 0 Å². The van der Waals surface area contributed by atoms with Gasteiger partial charge in [-0.3, -0.25) is 0 Å². The maximum Gasteiger partial charge on any atom is 0.109 e. The van der Waals surface area contributed by atoms with Gasteiger partial charge in [0.15, 0.2) is 0 Å². The fraction of sp³-hybridized carbons (Fsp3) is 1.00. The molecule has 0 heterocycles. The number of hydrogen-bond donors (Lipinski definition) is 1. The molecule has 0 saturated carbocycles. The van der Waals surface area contributed by atoms with Gasteiger partial charge < -0.3 is 18.3 Å². The third-order valence-electron chi connectivity index (χ3n) is 2.21. The van der Waals surface area contributed by atoms with Gasteiger partial charge >= 0.3 is 0 Å². The van der Waals surface area contributed by atoms with E-state index in [-0.39, 0.29) is 11.2 Å². The van der Waals surface area contributed by atoms with E-state index in [2.05, 4.69) is 0 Å². The molecule has 0 spiro atoms. The number of halogens is 1. The second kappa shape index (κ2) is 7.81. The van der Waals surface area contributed by atoms with Gasteiger partial charge in [0.25, 0.3) is 0 Å². The van der Waals surface area contributed by atoms with Crippen LogP contribution in [-0.4, -0.2) is 37.6 Å². The van der Waals surface area contributed by atoms with Crippen molar-refractivity contribution in [2.24, 2.45) is 5.73 Å². The van der Waals surface area contributed by atoms with Crippen LogP contribution in [0.1, 0.15) is 34.1 Å². The van der Waals surface area contributed by atoms with E-state index in [9.17, 15) is 0 Å². The van der Waals surface area contributed by atoms with Crippen molar-refractivity contribution >= 4 is 23.0 Å². The summed E-state index contributed by atoms with van der Waals surface area (Å²) in [5.74, 6) is 0. The van der Waals surface area contributed by atoms with Crippen molar-refractivity contribution in [3.63, 3.8) is 0 Å². The molecule has 5 heteroatoms. The fourth-order valence-electron chi connectivity index (χ4n) is 1.15. The molecule has 0 fully saturated rings. The van der Waals surface area contributed by atoms with E-state index in [0.29, 0.717) is 26.4 Å². The Labute approximate surface area is 113 Å². The van der Waals surface area contributed by atoms with Crippen LogP contribution in [0.5, 0.6) is 0 Å². The smallest absolute Gasteiger partial charge is 0.109 e. The van der Waals surface area contributed by atoms with Gasteiger partial charge in [-0.15, -0.1) is 0 Å². The first-order valence-electron chi connectivity index (χ1n) is 5.54. The highest BCUT2D eigenvalue weighted by atomic mass is 127. The monoisotopic (exact) mass is 345 g/mol. The molecule has 0 aromatic heterocycles. The first kappa shape index (κ1) is 16.6.